The van der Waals surface area contributed by atoms with E-state index >= 15 is 0 Å². The molecule has 0 bridgehead atoms. The van der Waals surface area contributed by atoms with Gasteiger partial charge in [-0.1, -0.05) is 31.2 Å². The van der Waals surface area contributed by atoms with Crippen molar-refractivity contribution in [1.82, 2.24) is 0 Å². The number of benzene rings is 2. The van der Waals surface area contributed by atoms with Gasteiger partial charge in [-0.15, -0.1) is 0 Å². The number of hydrogen-bond donors (Lipinski definition) is 2. The Labute approximate surface area is 152 Å². The van der Waals surface area contributed by atoms with E-state index in [2.05, 4.69) is 0 Å². The van der Waals surface area contributed by atoms with Gasteiger partial charge < -0.3 is 19.0 Å². The summed E-state index contributed by atoms with van der Waals surface area (Å²) in [5.74, 6) is -1.41. The molecule has 136 valence electrons. The normalized spacial score (nSPS) is 11.5. The van der Waals surface area contributed by atoms with Gasteiger partial charge in [-0.25, -0.2) is 9.59 Å². The third-order valence-electron chi connectivity index (χ3n) is 4.74. The van der Waals surface area contributed by atoms with Crippen molar-refractivity contribution < 1.29 is 19.0 Å². The Kier molecular flexibility index (Phi) is 3.96. The van der Waals surface area contributed by atoms with E-state index in [9.17, 15) is 19.8 Å². The summed E-state index contributed by atoms with van der Waals surface area (Å²) in [6.45, 7) is 1.74. The van der Waals surface area contributed by atoms with E-state index < -0.39 is 17.2 Å². The summed E-state index contributed by atoms with van der Waals surface area (Å²) in [4.78, 5) is 25.1. The van der Waals surface area contributed by atoms with Crippen LogP contribution in [0.2, 0.25) is 0 Å². The molecule has 0 fully saturated rings. The first kappa shape index (κ1) is 16.9. The number of fused-ring (bicyclic) bond motifs is 2. The van der Waals surface area contributed by atoms with Crippen LogP contribution in [0.5, 0.6) is 11.5 Å². The molecule has 6 nitrogen and oxygen atoms in total. The number of aromatic hydroxyl groups is 2. The molecule has 0 saturated carbocycles. The van der Waals surface area contributed by atoms with E-state index in [1.54, 1.807) is 55.5 Å². The first-order valence-corrected chi connectivity index (χ1v) is 8.52. The molecule has 0 aliphatic heterocycles. The highest BCUT2D eigenvalue weighted by atomic mass is 16.4. The average Bonchev–Trinajstić information content (AvgIpc) is 2.66. The molecular formula is C21H16O6. The summed E-state index contributed by atoms with van der Waals surface area (Å²) in [6, 6.07) is 13.2. The van der Waals surface area contributed by atoms with Crippen molar-refractivity contribution in [3.8, 4) is 11.5 Å². The van der Waals surface area contributed by atoms with Gasteiger partial charge in [-0.05, 0) is 30.7 Å². The van der Waals surface area contributed by atoms with Gasteiger partial charge in [0.15, 0.2) is 0 Å². The van der Waals surface area contributed by atoms with Gasteiger partial charge >= 0.3 is 11.3 Å². The van der Waals surface area contributed by atoms with Gasteiger partial charge in [0.05, 0.1) is 21.9 Å². The fourth-order valence-electron chi connectivity index (χ4n) is 3.46. The second-order valence-electron chi connectivity index (χ2n) is 6.26. The van der Waals surface area contributed by atoms with Gasteiger partial charge in [0.2, 0.25) is 0 Å². The lowest BCUT2D eigenvalue weighted by atomic mass is 9.88. The third kappa shape index (κ3) is 2.57. The highest BCUT2D eigenvalue weighted by molar-refractivity contribution is 5.86. The maximum absolute atomic E-state index is 12.6. The van der Waals surface area contributed by atoms with E-state index in [-0.39, 0.29) is 40.2 Å². The first-order chi connectivity index (χ1) is 13.0. The average molecular weight is 364 g/mol. The second-order valence-corrected chi connectivity index (χ2v) is 6.26. The minimum absolute atomic E-state index is 0.0749. The lowest BCUT2D eigenvalue weighted by molar-refractivity contribution is 0.433. The third-order valence-corrected chi connectivity index (χ3v) is 4.74. The molecule has 2 heterocycles. The van der Waals surface area contributed by atoms with Crippen LogP contribution in [0, 0.1) is 0 Å². The summed E-state index contributed by atoms with van der Waals surface area (Å²) in [5, 5.41) is 22.1. The molecule has 0 unspecified atom stereocenters. The van der Waals surface area contributed by atoms with E-state index in [1.807, 2.05) is 0 Å². The predicted molar refractivity (Wildman–Crippen MR) is 100 cm³/mol. The maximum atomic E-state index is 12.6. The predicted octanol–water partition coefficient (Wildman–Crippen LogP) is 3.85. The van der Waals surface area contributed by atoms with Crippen LogP contribution in [-0.4, -0.2) is 10.2 Å². The molecule has 0 atom stereocenters. The van der Waals surface area contributed by atoms with Crippen LogP contribution in [0.4, 0.5) is 0 Å². The summed E-state index contributed by atoms with van der Waals surface area (Å²) >= 11 is 0. The largest absolute Gasteiger partial charge is 0.507 e. The fraction of sp³-hybridized carbons (Fsp3) is 0.143. The van der Waals surface area contributed by atoms with Gasteiger partial charge in [-0.3, -0.25) is 0 Å². The van der Waals surface area contributed by atoms with Crippen molar-refractivity contribution in [2.24, 2.45) is 0 Å². The molecule has 0 aliphatic rings. The van der Waals surface area contributed by atoms with Crippen LogP contribution in [0.1, 0.15) is 30.4 Å². The Bertz CT molecular complexity index is 1180. The SMILES string of the molecule is CCC(c1c(O)c2ccccc2oc1=O)c1c(O)c2ccccc2oc1=O. The Morgan fingerprint density at radius 1 is 0.778 bits per heavy atom. The van der Waals surface area contributed by atoms with Crippen LogP contribution in [0.25, 0.3) is 21.9 Å². The van der Waals surface area contributed by atoms with Crippen molar-refractivity contribution in [2.75, 3.05) is 0 Å². The summed E-state index contributed by atoms with van der Waals surface area (Å²) < 4.78 is 10.6. The van der Waals surface area contributed by atoms with Crippen molar-refractivity contribution in [3.05, 3.63) is 80.5 Å². The summed E-state index contributed by atoms with van der Waals surface area (Å²) in [5.41, 5.74) is -1.18. The molecular weight excluding hydrogens is 348 g/mol. The Morgan fingerprint density at radius 2 is 1.19 bits per heavy atom. The van der Waals surface area contributed by atoms with Gasteiger partial charge in [-0.2, -0.15) is 0 Å². The summed E-state index contributed by atoms with van der Waals surface area (Å²) in [7, 11) is 0. The van der Waals surface area contributed by atoms with E-state index in [1.165, 1.54) is 0 Å². The molecule has 6 heteroatoms. The molecule has 2 N–H and O–H groups in total. The van der Waals surface area contributed by atoms with Crippen LogP contribution in [0.15, 0.2) is 67.0 Å². The van der Waals surface area contributed by atoms with Crippen molar-refractivity contribution in [2.45, 2.75) is 19.3 Å². The van der Waals surface area contributed by atoms with Crippen molar-refractivity contribution in [3.63, 3.8) is 0 Å². The zero-order chi connectivity index (χ0) is 19.1. The van der Waals surface area contributed by atoms with Crippen LogP contribution >= 0.6 is 0 Å². The minimum Gasteiger partial charge on any atom is -0.507 e. The Morgan fingerprint density at radius 3 is 1.59 bits per heavy atom. The number of para-hydroxylation sites is 2. The Hall–Kier alpha value is -3.54. The number of rotatable bonds is 3. The van der Waals surface area contributed by atoms with Gasteiger partial charge in [0.1, 0.15) is 22.7 Å². The van der Waals surface area contributed by atoms with Crippen LogP contribution < -0.4 is 11.3 Å². The smallest absolute Gasteiger partial charge is 0.343 e. The minimum atomic E-state index is -0.883. The second kappa shape index (κ2) is 6.32. The lowest BCUT2D eigenvalue weighted by Gasteiger charge is -2.17. The highest BCUT2D eigenvalue weighted by Crippen LogP contribution is 2.39. The monoisotopic (exact) mass is 364 g/mol. The molecule has 0 radical (unpaired) electrons. The van der Waals surface area contributed by atoms with Crippen LogP contribution in [-0.2, 0) is 0 Å². The van der Waals surface area contributed by atoms with Gasteiger partial charge in [0.25, 0.3) is 0 Å². The van der Waals surface area contributed by atoms with Gasteiger partial charge in [0, 0.05) is 5.92 Å². The molecule has 0 spiro atoms. The molecule has 4 rings (SSSR count). The van der Waals surface area contributed by atoms with Crippen molar-refractivity contribution >= 4 is 21.9 Å². The molecule has 2 aromatic carbocycles. The maximum Gasteiger partial charge on any atom is 0.343 e. The highest BCUT2D eigenvalue weighted by Gasteiger charge is 2.29. The first-order valence-electron chi connectivity index (χ1n) is 8.52. The lowest BCUT2D eigenvalue weighted by Crippen LogP contribution is -2.19. The van der Waals surface area contributed by atoms with Crippen LogP contribution in [0.3, 0.4) is 0 Å². The van der Waals surface area contributed by atoms with E-state index in [0.717, 1.165) is 0 Å². The molecule has 2 aromatic heterocycles. The molecule has 0 aliphatic carbocycles. The molecule has 27 heavy (non-hydrogen) atoms. The Balaban J connectivity index is 2.05. The zero-order valence-corrected chi connectivity index (χ0v) is 14.4. The fourth-order valence-corrected chi connectivity index (χ4v) is 3.46. The number of hydrogen-bond acceptors (Lipinski definition) is 6. The molecule has 0 saturated heterocycles. The summed E-state index contributed by atoms with van der Waals surface area (Å²) in [6.07, 6.45) is 0.271. The molecule has 0 amide bonds. The van der Waals surface area contributed by atoms with E-state index in [0.29, 0.717) is 10.8 Å². The zero-order valence-electron chi connectivity index (χ0n) is 14.4. The quantitative estimate of drug-likeness (QED) is 0.536. The topological polar surface area (TPSA) is 101 Å². The van der Waals surface area contributed by atoms with Crippen molar-refractivity contribution in [1.29, 1.82) is 0 Å². The standard InChI is InChI=1S/C21H16O6/c1-2-11(16-18(22)12-7-3-5-9-14(12)26-20(16)24)17-19(23)13-8-4-6-10-15(13)27-21(17)25/h3-11,22-23H,2H2,1H3. The van der Waals surface area contributed by atoms with E-state index in [4.69, 9.17) is 8.83 Å². The molecule has 4 aromatic rings.